The maximum Gasteiger partial charge on any atom is 0.417 e. The highest BCUT2D eigenvalue weighted by molar-refractivity contribution is 7.98. The van der Waals surface area contributed by atoms with Crippen LogP contribution < -0.4 is 10.6 Å². The van der Waals surface area contributed by atoms with Gasteiger partial charge in [-0.1, -0.05) is 12.1 Å². The number of halogens is 3. The Balaban J connectivity index is 1.52. The highest BCUT2D eigenvalue weighted by Gasteiger charge is 2.35. The van der Waals surface area contributed by atoms with Crippen LogP contribution in [0.25, 0.3) is 0 Å². The molecule has 1 unspecified atom stereocenters. The molecule has 2 aliphatic rings. The van der Waals surface area contributed by atoms with Crippen molar-refractivity contribution in [2.24, 2.45) is 0 Å². The summed E-state index contributed by atoms with van der Waals surface area (Å²) in [4.78, 5) is 25.1. The van der Waals surface area contributed by atoms with Gasteiger partial charge in [0.1, 0.15) is 12.4 Å². The summed E-state index contributed by atoms with van der Waals surface area (Å²) >= 11 is 1.58. The number of carbonyl (C=O) groups excluding carboxylic acids is 2. The van der Waals surface area contributed by atoms with Crippen molar-refractivity contribution in [3.05, 3.63) is 46.6 Å². The average molecular weight is 454 g/mol. The summed E-state index contributed by atoms with van der Waals surface area (Å²) in [6, 6.07) is 4.60. The SMILES string of the molecule is O=C(Cn1nc2c(c1NC(=O)c1ccccc1C(F)(F)F)CSC2)NCC1CCCO1. The zero-order valence-electron chi connectivity index (χ0n) is 16.5. The number of alkyl halides is 3. The fourth-order valence-corrected chi connectivity index (χ4v) is 4.68. The Bertz CT molecular complexity index is 987. The Morgan fingerprint density at radius 3 is 2.81 bits per heavy atom. The molecule has 0 aliphatic carbocycles. The van der Waals surface area contributed by atoms with E-state index >= 15 is 0 Å². The van der Waals surface area contributed by atoms with Crippen molar-refractivity contribution in [2.75, 3.05) is 18.5 Å². The summed E-state index contributed by atoms with van der Waals surface area (Å²) < 4.78 is 46.8. The normalized spacial score (nSPS) is 18.1. The minimum absolute atomic E-state index is 0.0129. The van der Waals surface area contributed by atoms with E-state index in [1.807, 2.05) is 0 Å². The van der Waals surface area contributed by atoms with Gasteiger partial charge in [-0.05, 0) is 25.0 Å². The van der Waals surface area contributed by atoms with Crippen LogP contribution in [-0.2, 0) is 33.8 Å². The zero-order chi connectivity index (χ0) is 22.0. The minimum Gasteiger partial charge on any atom is -0.376 e. The minimum atomic E-state index is -4.66. The van der Waals surface area contributed by atoms with E-state index in [2.05, 4.69) is 15.7 Å². The number of nitrogens with one attached hydrogen (secondary N) is 2. The molecule has 0 bridgehead atoms. The van der Waals surface area contributed by atoms with Crippen molar-refractivity contribution in [2.45, 2.75) is 43.2 Å². The largest absolute Gasteiger partial charge is 0.417 e. The first-order valence-corrected chi connectivity index (χ1v) is 11.0. The van der Waals surface area contributed by atoms with Crippen LogP contribution >= 0.6 is 11.8 Å². The molecule has 166 valence electrons. The van der Waals surface area contributed by atoms with Gasteiger partial charge in [0.25, 0.3) is 5.91 Å². The lowest BCUT2D eigenvalue weighted by Crippen LogP contribution is -2.34. The number of hydrogen-bond donors (Lipinski definition) is 2. The molecule has 4 rings (SSSR count). The van der Waals surface area contributed by atoms with Crippen LogP contribution in [-0.4, -0.2) is 40.9 Å². The fraction of sp³-hybridized carbons (Fsp3) is 0.450. The second-order valence-electron chi connectivity index (χ2n) is 7.36. The molecule has 2 amide bonds. The van der Waals surface area contributed by atoms with Crippen LogP contribution in [0.1, 0.15) is 40.0 Å². The molecule has 2 N–H and O–H groups in total. The van der Waals surface area contributed by atoms with Gasteiger partial charge in [-0.25, -0.2) is 4.68 Å². The Kier molecular flexibility index (Phi) is 6.24. The van der Waals surface area contributed by atoms with Crippen LogP contribution in [0.5, 0.6) is 0 Å². The van der Waals surface area contributed by atoms with Crippen molar-refractivity contribution in [3.63, 3.8) is 0 Å². The summed E-state index contributed by atoms with van der Waals surface area (Å²) in [6.07, 6.45) is -2.83. The average Bonchev–Trinajstić information content (AvgIpc) is 3.46. The van der Waals surface area contributed by atoms with Gasteiger partial charge < -0.3 is 15.4 Å². The first kappa shape index (κ1) is 21.7. The molecular weight excluding hydrogens is 433 g/mol. The lowest BCUT2D eigenvalue weighted by Gasteiger charge is -2.15. The van der Waals surface area contributed by atoms with Crippen molar-refractivity contribution in [1.29, 1.82) is 0 Å². The van der Waals surface area contributed by atoms with Crippen LogP contribution in [0, 0.1) is 0 Å². The second kappa shape index (κ2) is 8.91. The molecule has 1 atom stereocenters. The summed E-state index contributed by atoms with van der Waals surface area (Å²) in [7, 11) is 0. The predicted octanol–water partition coefficient (Wildman–Crippen LogP) is 3.20. The number of rotatable bonds is 6. The van der Waals surface area contributed by atoms with E-state index in [1.54, 1.807) is 11.8 Å². The van der Waals surface area contributed by atoms with Crippen molar-refractivity contribution in [1.82, 2.24) is 15.1 Å². The van der Waals surface area contributed by atoms with Gasteiger partial charge in [0.2, 0.25) is 5.91 Å². The first-order valence-electron chi connectivity index (χ1n) is 9.85. The molecule has 1 fully saturated rings. The number of ether oxygens (including phenoxy) is 1. The van der Waals surface area contributed by atoms with Crippen LogP contribution in [0.4, 0.5) is 19.0 Å². The molecular formula is C20H21F3N4O3S. The Morgan fingerprint density at radius 1 is 1.26 bits per heavy atom. The highest BCUT2D eigenvalue weighted by atomic mass is 32.2. The number of anilines is 1. The van der Waals surface area contributed by atoms with E-state index in [4.69, 9.17) is 4.74 Å². The van der Waals surface area contributed by atoms with E-state index in [0.717, 1.165) is 36.2 Å². The van der Waals surface area contributed by atoms with Gasteiger partial charge in [0, 0.05) is 30.2 Å². The Hall–Kier alpha value is -2.53. The monoisotopic (exact) mass is 454 g/mol. The standard InChI is InChI=1S/C20H21F3N4O3S/c21-20(22,23)15-6-2-1-5-13(15)19(29)25-18-14-10-31-11-16(14)26-27(18)9-17(28)24-8-12-4-3-7-30-12/h1-2,5-6,12H,3-4,7-11H2,(H,24,28)(H,25,29). The van der Waals surface area contributed by atoms with Gasteiger partial charge >= 0.3 is 6.18 Å². The number of amides is 2. The molecule has 2 aromatic rings. The number of nitrogens with zero attached hydrogens (tertiary/aromatic N) is 2. The number of fused-ring (bicyclic) bond motifs is 1. The van der Waals surface area contributed by atoms with Gasteiger partial charge in [-0.3, -0.25) is 9.59 Å². The van der Waals surface area contributed by atoms with Gasteiger partial charge in [-0.2, -0.15) is 30.0 Å². The lowest BCUT2D eigenvalue weighted by atomic mass is 10.1. The topological polar surface area (TPSA) is 85.2 Å². The van der Waals surface area contributed by atoms with Gasteiger partial charge in [0.15, 0.2) is 0 Å². The van der Waals surface area contributed by atoms with Crippen LogP contribution in [0.2, 0.25) is 0 Å². The quantitative estimate of drug-likeness (QED) is 0.700. The molecule has 11 heteroatoms. The van der Waals surface area contributed by atoms with Gasteiger partial charge in [-0.15, -0.1) is 0 Å². The third-order valence-electron chi connectivity index (χ3n) is 5.17. The number of benzene rings is 1. The summed E-state index contributed by atoms with van der Waals surface area (Å²) in [5.41, 5.74) is -0.0463. The van der Waals surface area contributed by atoms with Crippen LogP contribution in [0.3, 0.4) is 0 Å². The molecule has 31 heavy (non-hydrogen) atoms. The number of carbonyl (C=O) groups is 2. The molecule has 0 spiro atoms. The van der Waals surface area contributed by atoms with Crippen molar-refractivity contribution in [3.8, 4) is 0 Å². The number of thioether (sulfide) groups is 1. The lowest BCUT2D eigenvalue weighted by molar-refractivity contribution is -0.137. The molecule has 1 saturated heterocycles. The maximum atomic E-state index is 13.3. The fourth-order valence-electron chi connectivity index (χ4n) is 3.65. The van der Waals surface area contributed by atoms with E-state index in [9.17, 15) is 22.8 Å². The molecule has 3 heterocycles. The van der Waals surface area contributed by atoms with E-state index < -0.39 is 23.2 Å². The molecule has 1 aromatic carbocycles. The number of aromatic nitrogens is 2. The van der Waals surface area contributed by atoms with E-state index in [1.165, 1.54) is 16.8 Å². The number of hydrogen-bond acceptors (Lipinski definition) is 5. The van der Waals surface area contributed by atoms with Crippen molar-refractivity contribution < 1.29 is 27.5 Å². The smallest absolute Gasteiger partial charge is 0.376 e. The third kappa shape index (κ3) is 4.87. The second-order valence-corrected chi connectivity index (χ2v) is 8.35. The Morgan fingerprint density at radius 2 is 2.06 bits per heavy atom. The van der Waals surface area contributed by atoms with Gasteiger partial charge in [0.05, 0.1) is 22.9 Å². The summed E-state index contributed by atoms with van der Waals surface area (Å²) in [5.74, 6) is 0.226. The molecule has 7 nitrogen and oxygen atoms in total. The molecule has 1 aromatic heterocycles. The Labute approximate surface area is 180 Å². The van der Waals surface area contributed by atoms with Crippen LogP contribution in [0.15, 0.2) is 24.3 Å². The molecule has 0 radical (unpaired) electrons. The highest BCUT2D eigenvalue weighted by Crippen LogP contribution is 2.36. The third-order valence-corrected chi connectivity index (χ3v) is 6.14. The maximum absolute atomic E-state index is 13.3. The van der Waals surface area contributed by atoms with Crippen molar-refractivity contribution >= 4 is 29.4 Å². The van der Waals surface area contributed by atoms with E-state index in [-0.39, 0.29) is 24.4 Å². The summed E-state index contributed by atoms with van der Waals surface area (Å²) in [6.45, 7) is 0.914. The predicted molar refractivity (Wildman–Crippen MR) is 109 cm³/mol. The summed E-state index contributed by atoms with van der Waals surface area (Å²) in [5, 5.41) is 9.75. The zero-order valence-corrected chi connectivity index (χ0v) is 17.3. The first-order chi connectivity index (χ1) is 14.8. The molecule has 0 saturated carbocycles. The van der Waals surface area contributed by atoms with E-state index in [0.29, 0.717) is 24.7 Å². The molecule has 2 aliphatic heterocycles.